The smallest absolute Gasteiger partial charge is 0.258 e. The summed E-state index contributed by atoms with van der Waals surface area (Å²) in [6, 6.07) is 12.4. The van der Waals surface area contributed by atoms with E-state index in [-0.39, 0.29) is 11.5 Å². The first-order valence-corrected chi connectivity index (χ1v) is 8.76. The number of H-pyrrole nitrogens is 1. The zero-order valence-corrected chi connectivity index (χ0v) is 16.0. The van der Waals surface area contributed by atoms with Gasteiger partial charge in [0.2, 0.25) is 0 Å². The van der Waals surface area contributed by atoms with Crippen molar-refractivity contribution >= 4 is 16.8 Å². The number of pyridine rings is 1. The maximum atomic E-state index is 12.6. The van der Waals surface area contributed by atoms with Crippen LogP contribution in [-0.2, 0) is 6.42 Å². The maximum Gasteiger partial charge on any atom is 0.258 e. The van der Waals surface area contributed by atoms with Crippen molar-refractivity contribution in [3.8, 4) is 17.2 Å². The van der Waals surface area contributed by atoms with E-state index in [4.69, 9.17) is 14.2 Å². The number of amides is 1. The Bertz CT molecular complexity index is 1040. The summed E-state index contributed by atoms with van der Waals surface area (Å²) in [6.45, 7) is 0.290. The molecule has 0 saturated carbocycles. The van der Waals surface area contributed by atoms with Gasteiger partial charge in [0.05, 0.1) is 21.3 Å². The van der Waals surface area contributed by atoms with Crippen LogP contribution < -0.4 is 25.1 Å². The molecule has 0 fully saturated rings. The number of ether oxygens (including phenoxy) is 3. The molecule has 1 amide bonds. The van der Waals surface area contributed by atoms with Gasteiger partial charge in [0.15, 0.2) is 0 Å². The average molecular weight is 382 g/mol. The number of rotatable bonds is 7. The third kappa shape index (κ3) is 3.93. The fourth-order valence-electron chi connectivity index (χ4n) is 3.02. The number of aromatic amines is 1. The van der Waals surface area contributed by atoms with Crippen molar-refractivity contribution in [3.63, 3.8) is 0 Å². The maximum absolute atomic E-state index is 12.6. The molecule has 0 unspecified atom stereocenters. The summed E-state index contributed by atoms with van der Waals surface area (Å²) < 4.78 is 15.7. The summed E-state index contributed by atoms with van der Waals surface area (Å²) in [5, 5.41) is 3.69. The molecule has 0 atom stereocenters. The molecule has 1 heterocycles. The molecule has 7 nitrogen and oxygen atoms in total. The number of benzene rings is 2. The van der Waals surface area contributed by atoms with Crippen molar-refractivity contribution in [2.75, 3.05) is 27.9 Å². The van der Waals surface area contributed by atoms with Gasteiger partial charge in [-0.15, -0.1) is 0 Å². The van der Waals surface area contributed by atoms with E-state index >= 15 is 0 Å². The van der Waals surface area contributed by atoms with E-state index in [1.807, 2.05) is 12.1 Å². The highest BCUT2D eigenvalue weighted by Crippen LogP contribution is 2.27. The lowest BCUT2D eigenvalue weighted by molar-refractivity contribution is 0.0948. The van der Waals surface area contributed by atoms with Gasteiger partial charge in [0, 0.05) is 23.0 Å². The highest BCUT2D eigenvalue weighted by Gasteiger charge is 2.17. The Hall–Kier alpha value is -3.48. The molecular formula is C21H22N2O5. The number of methoxy groups -OCH3 is 3. The van der Waals surface area contributed by atoms with Crippen molar-refractivity contribution in [2.45, 2.75) is 6.42 Å². The van der Waals surface area contributed by atoms with Crippen molar-refractivity contribution < 1.29 is 19.0 Å². The normalized spacial score (nSPS) is 10.5. The summed E-state index contributed by atoms with van der Waals surface area (Å²) in [6.07, 6.45) is 0.381. The Morgan fingerprint density at radius 1 is 1.00 bits per heavy atom. The Balaban J connectivity index is 1.76. The highest BCUT2D eigenvalue weighted by atomic mass is 16.5. The lowest BCUT2D eigenvalue weighted by Crippen LogP contribution is -2.28. The summed E-state index contributed by atoms with van der Waals surface area (Å²) in [7, 11) is 4.58. The van der Waals surface area contributed by atoms with Gasteiger partial charge in [0.1, 0.15) is 22.8 Å². The molecule has 146 valence electrons. The van der Waals surface area contributed by atoms with E-state index < -0.39 is 0 Å². The standard InChI is InChI=1S/C21H22N2O5/c1-26-15-7-8-16-14(12-15)11-13(20(24)23-16)9-10-22-21(25)19-17(27-2)5-4-6-18(19)28-3/h4-8,11-12H,9-10H2,1-3H3,(H,22,25)(H,23,24). The van der Waals surface area contributed by atoms with Crippen LogP contribution in [0.4, 0.5) is 0 Å². The van der Waals surface area contributed by atoms with Crippen molar-refractivity contribution in [3.05, 3.63) is 63.9 Å². The molecule has 28 heavy (non-hydrogen) atoms. The molecule has 2 aromatic carbocycles. The van der Waals surface area contributed by atoms with Crippen LogP contribution in [0.1, 0.15) is 15.9 Å². The van der Waals surface area contributed by atoms with Gasteiger partial charge in [-0.3, -0.25) is 9.59 Å². The molecule has 0 aliphatic carbocycles. The summed E-state index contributed by atoms with van der Waals surface area (Å²) >= 11 is 0. The lowest BCUT2D eigenvalue weighted by atomic mass is 10.1. The summed E-state index contributed by atoms with van der Waals surface area (Å²) in [4.78, 5) is 27.7. The van der Waals surface area contributed by atoms with Crippen LogP contribution in [0.25, 0.3) is 10.9 Å². The van der Waals surface area contributed by atoms with E-state index in [2.05, 4.69) is 10.3 Å². The predicted molar refractivity (Wildman–Crippen MR) is 107 cm³/mol. The van der Waals surface area contributed by atoms with Gasteiger partial charge in [-0.2, -0.15) is 0 Å². The third-order valence-corrected chi connectivity index (χ3v) is 4.46. The molecular weight excluding hydrogens is 360 g/mol. The fourth-order valence-corrected chi connectivity index (χ4v) is 3.02. The van der Waals surface area contributed by atoms with Gasteiger partial charge in [-0.1, -0.05) is 6.07 Å². The number of fused-ring (bicyclic) bond motifs is 1. The Kier molecular flexibility index (Phi) is 5.84. The molecule has 0 bridgehead atoms. The second-order valence-corrected chi connectivity index (χ2v) is 6.12. The number of aromatic nitrogens is 1. The highest BCUT2D eigenvalue weighted by molar-refractivity contribution is 5.99. The molecule has 0 aliphatic rings. The number of hydrogen-bond acceptors (Lipinski definition) is 5. The van der Waals surface area contributed by atoms with Crippen LogP contribution >= 0.6 is 0 Å². The van der Waals surface area contributed by atoms with Gasteiger partial charge >= 0.3 is 0 Å². The van der Waals surface area contributed by atoms with Gasteiger partial charge in [0.25, 0.3) is 11.5 Å². The largest absolute Gasteiger partial charge is 0.497 e. The second kappa shape index (κ2) is 8.47. The Labute approximate surface area is 162 Å². The molecule has 2 N–H and O–H groups in total. The second-order valence-electron chi connectivity index (χ2n) is 6.12. The third-order valence-electron chi connectivity index (χ3n) is 4.46. The van der Waals surface area contributed by atoms with Gasteiger partial charge in [-0.05, 0) is 42.8 Å². The minimum absolute atomic E-state index is 0.179. The molecule has 0 saturated heterocycles. The first-order valence-electron chi connectivity index (χ1n) is 8.76. The molecule has 0 spiro atoms. The summed E-state index contributed by atoms with van der Waals surface area (Å²) in [5.74, 6) is 1.23. The molecule has 1 aromatic heterocycles. The van der Waals surface area contributed by atoms with Crippen molar-refractivity contribution in [1.82, 2.24) is 10.3 Å². The van der Waals surface area contributed by atoms with Gasteiger partial charge < -0.3 is 24.5 Å². The van der Waals surface area contributed by atoms with E-state index in [9.17, 15) is 9.59 Å². The monoisotopic (exact) mass is 382 g/mol. The van der Waals surface area contributed by atoms with Crippen LogP contribution in [0.5, 0.6) is 17.2 Å². The number of carbonyl (C=O) groups excluding carboxylic acids is 1. The molecule has 7 heteroatoms. The predicted octanol–water partition coefficient (Wildman–Crippen LogP) is 2.53. The quantitative estimate of drug-likeness (QED) is 0.655. The average Bonchev–Trinajstić information content (AvgIpc) is 2.72. The zero-order chi connectivity index (χ0) is 20.1. The number of hydrogen-bond donors (Lipinski definition) is 2. The molecule has 3 aromatic rings. The molecule has 0 aliphatic heterocycles. The van der Waals surface area contributed by atoms with Crippen molar-refractivity contribution in [2.24, 2.45) is 0 Å². The van der Waals surface area contributed by atoms with Crippen molar-refractivity contribution in [1.29, 1.82) is 0 Å². The Morgan fingerprint density at radius 2 is 1.71 bits per heavy atom. The minimum Gasteiger partial charge on any atom is -0.497 e. The molecule has 0 radical (unpaired) electrons. The van der Waals surface area contributed by atoms with E-state index in [1.165, 1.54) is 14.2 Å². The SMILES string of the molecule is COc1ccc2[nH]c(=O)c(CCNC(=O)c3c(OC)cccc3OC)cc2c1. The van der Waals surface area contributed by atoms with Crippen LogP contribution in [0.2, 0.25) is 0 Å². The van der Waals surface area contributed by atoms with Crippen LogP contribution in [0, 0.1) is 0 Å². The minimum atomic E-state index is -0.326. The van der Waals surface area contributed by atoms with E-state index in [0.717, 1.165) is 10.9 Å². The first kappa shape index (κ1) is 19.3. The van der Waals surface area contributed by atoms with Crippen LogP contribution in [0.15, 0.2) is 47.3 Å². The van der Waals surface area contributed by atoms with Crippen LogP contribution in [0.3, 0.4) is 0 Å². The Morgan fingerprint density at radius 3 is 2.36 bits per heavy atom. The molecule has 3 rings (SSSR count). The fraction of sp³-hybridized carbons (Fsp3) is 0.238. The number of carbonyl (C=O) groups is 1. The summed E-state index contributed by atoms with van der Waals surface area (Å²) in [5.41, 5.74) is 1.46. The zero-order valence-electron chi connectivity index (χ0n) is 16.0. The topological polar surface area (TPSA) is 89.7 Å². The van der Waals surface area contributed by atoms with E-state index in [0.29, 0.717) is 41.3 Å². The number of nitrogens with one attached hydrogen (secondary N) is 2. The lowest BCUT2D eigenvalue weighted by Gasteiger charge is -2.13. The van der Waals surface area contributed by atoms with E-state index in [1.54, 1.807) is 37.4 Å². The first-order chi connectivity index (χ1) is 13.6. The van der Waals surface area contributed by atoms with Gasteiger partial charge in [-0.25, -0.2) is 0 Å². The van der Waals surface area contributed by atoms with Crippen LogP contribution in [-0.4, -0.2) is 38.8 Å².